The third-order valence-corrected chi connectivity index (χ3v) is 4.90. The number of anilines is 2. The quantitative estimate of drug-likeness (QED) is 0.844. The van der Waals surface area contributed by atoms with Crippen molar-refractivity contribution in [3.63, 3.8) is 0 Å². The fourth-order valence-corrected chi connectivity index (χ4v) is 3.34. The van der Waals surface area contributed by atoms with E-state index in [1.54, 1.807) is 6.92 Å². The lowest BCUT2D eigenvalue weighted by Gasteiger charge is -2.30. The third kappa shape index (κ3) is 2.73. The fraction of sp³-hybridized carbons (Fsp3) is 0.571. The minimum absolute atomic E-state index is 0.242. The summed E-state index contributed by atoms with van der Waals surface area (Å²) in [6.45, 7) is 2.94. The van der Waals surface area contributed by atoms with E-state index >= 15 is 0 Å². The van der Waals surface area contributed by atoms with Gasteiger partial charge in [-0.25, -0.2) is 4.79 Å². The van der Waals surface area contributed by atoms with Gasteiger partial charge in [-0.1, -0.05) is 6.42 Å². The maximum atomic E-state index is 11.8. The minimum atomic E-state index is -0.449. The Hall–Kier alpha value is -1.74. The number of carbonyl (C=O) groups excluding carboxylic acids is 1. The molecule has 1 fully saturated rings. The van der Waals surface area contributed by atoms with Crippen LogP contribution in [0.4, 0.5) is 10.7 Å². The first kappa shape index (κ1) is 14.7. The number of nitriles is 1. The number of carbonyl (C=O) groups is 1. The highest BCUT2D eigenvalue weighted by molar-refractivity contribution is 7.18. The maximum Gasteiger partial charge on any atom is 0.350 e. The van der Waals surface area contributed by atoms with Crippen LogP contribution in [-0.2, 0) is 4.74 Å². The highest BCUT2D eigenvalue weighted by Gasteiger charge is 2.26. The summed E-state index contributed by atoms with van der Waals surface area (Å²) < 4.78 is 4.98. The smallest absolute Gasteiger partial charge is 0.350 e. The van der Waals surface area contributed by atoms with Crippen LogP contribution in [0.1, 0.15) is 41.4 Å². The largest absolute Gasteiger partial charge is 0.462 e. The zero-order valence-corrected chi connectivity index (χ0v) is 12.6. The molecule has 0 unspecified atom stereocenters. The van der Waals surface area contributed by atoms with Crippen LogP contribution in [0.25, 0.3) is 0 Å². The van der Waals surface area contributed by atoms with Crippen molar-refractivity contribution in [1.29, 1.82) is 5.26 Å². The Labute approximate surface area is 122 Å². The van der Waals surface area contributed by atoms with Crippen molar-refractivity contribution in [2.24, 2.45) is 5.92 Å². The molecule has 0 radical (unpaired) electrons. The molecule has 1 aromatic rings. The Morgan fingerprint density at radius 1 is 1.60 bits per heavy atom. The molecule has 1 aromatic heterocycles. The van der Waals surface area contributed by atoms with Gasteiger partial charge in [-0.15, -0.1) is 11.3 Å². The second-order valence-electron chi connectivity index (χ2n) is 5.03. The molecule has 1 aliphatic rings. The van der Waals surface area contributed by atoms with Crippen LogP contribution < -0.4 is 10.6 Å². The molecular formula is C14H19N3O2S. The molecule has 5 nitrogen and oxygen atoms in total. The van der Waals surface area contributed by atoms with Crippen molar-refractivity contribution in [3.05, 3.63) is 10.4 Å². The van der Waals surface area contributed by atoms with Crippen molar-refractivity contribution in [1.82, 2.24) is 0 Å². The van der Waals surface area contributed by atoms with Gasteiger partial charge >= 0.3 is 5.97 Å². The summed E-state index contributed by atoms with van der Waals surface area (Å²) in [5, 5.41) is 10.0. The number of nitrogens with zero attached hydrogens (tertiary/aromatic N) is 2. The van der Waals surface area contributed by atoms with E-state index in [1.165, 1.54) is 30.6 Å². The molecule has 2 N–H and O–H groups in total. The van der Waals surface area contributed by atoms with Crippen LogP contribution in [0.3, 0.4) is 0 Å². The Balaban J connectivity index is 2.25. The number of rotatable bonds is 5. The first-order valence-corrected chi connectivity index (χ1v) is 7.60. The first-order valence-electron chi connectivity index (χ1n) is 6.79. The lowest BCUT2D eigenvalue weighted by Crippen LogP contribution is -2.29. The van der Waals surface area contributed by atoms with E-state index in [-0.39, 0.29) is 5.69 Å². The van der Waals surface area contributed by atoms with E-state index in [1.807, 2.05) is 11.9 Å². The standard InChI is InChI=1S/C14H19N3O2S/c1-3-19-14(18)12-11(16)10(7-15)13(20-12)17(2)8-9-5-4-6-9/h9H,3-6,8,16H2,1-2H3. The summed E-state index contributed by atoms with van der Waals surface area (Å²) >= 11 is 1.25. The second-order valence-corrected chi connectivity index (χ2v) is 6.03. The SMILES string of the molecule is CCOC(=O)c1sc(N(C)CC2CCC2)c(C#N)c1N. The number of hydrogen-bond acceptors (Lipinski definition) is 6. The Kier molecular flexibility index (Phi) is 4.50. The zero-order valence-electron chi connectivity index (χ0n) is 11.8. The van der Waals surface area contributed by atoms with E-state index in [0.29, 0.717) is 23.0 Å². The van der Waals surface area contributed by atoms with Gasteiger partial charge in [0.25, 0.3) is 0 Å². The highest BCUT2D eigenvalue weighted by Crippen LogP contribution is 2.39. The van der Waals surface area contributed by atoms with Crippen LogP contribution >= 0.6 is 11.3 Å². The summed E-state index contributed by atoms with van der Waals surface area (Å²) in [6.07, 6.45) is 3.75. The van der Waals surface area contributed by atoms with Crippen LogP contribution in [-0.4, -0.2) is 26.2 Å². The van der Waals surface area contributed by atoms with Gasteiger partial charge in [0.2, 0.25) is 0 Å². The van der Waals surface area contributed by atoms with Gasteiger partial charge in [0, 0.05) is 13.6 Å². The van der Waals surface area contributed by atoms with Crippen molar-refractivity contribution in [2.75, 3.05) is 30.8 Å². The number of hydrogen-bond donors (Lipinski definition) is 1. The molecule has 6 heteroatoms. The molecule has 1 heterocycles. The number of ether oxygens (including phenoxy) is 1. The predicted octanol–water partition coefficient (Wildman–Crippen LogP) is 2.61. The van der Waals surface area contributed by atoms with Crippen LogP contribution in [0, 0.1) is 17.2 Å². The summed E-state index contributed by atoms with van der Waals surface area (Å²) in [6, 6.07) is 2.11. The summed E-state index contributed by atoms with van der Waals surface area (Å²) in [7, 11) is 1.94. The molecule has 1 aliphatic carbocycles. The van der Waals surface area contributed by atoms with Crippen molar-refractivity contribution < 1.29 is 9.53 Å². The first-order chi connectivity index (χ1) is 9.58. The molecule has 108 valence electrons. The van der Waals surface area contributed by atoms with E-state index in [9.17, 15) is 10.1 Å². The van der Waals surface area contributed by atoms with Crippen LogP contribution in [0.15, 0.2) is 0 Å². The fourth-order valence-electron chi connectivity index (χ4n) is 2.30. The molecule has 0 saturated heterocycles. The molecule has 0 aromatic carbocycles. The summed E-state index contributed by atoms with van der Waals surface area (Å²) in [5.74, 6) is 0.232. The van der Waals surface area contributed by atoms with Gasteiger partial charge in [0.15, 0.2) is 0 Å². The number of esters is 1. The lowest BCUT2D eigenvalue weighted by molar-refractivity contribution is 0.0533. The summed E-state index contributed by atoms with van der Waals surface area (Å²) in [4.78, 5) is 14.2. The van der Waals surface area contributed by atoms with Gasteiger partial charge in [0.1, 0.15) is 21.5 Å². The maximum absolute atomic E-state index is 11.8. The van der Waals surface area contributed by atoms with E-state index in [0.717, 1.165) is 11.5 Å². The normalized spacial score (nSPS) is 14.4. The van der Waals surface area contributed by atoms with Gasteiger partial charge in [-0.3, -0.25) is 0 Å². The molecule has 0 spiro atoms. The molecule has 1 saturated carbocycles. The van der Waals surface area contributed by atoms with Gasteiger partial charge < -0.3 is 15.4 Å². The lowest BCUT2D eigenvalue weighted by atomic mass is 9.85. The van der Waals surface area contributed by atoms with Crippen LogP contribution in [0.5, 0.6) is 0 Å². The van der Waals surface area contributed by atoms with E-state index in [2.05, 4.69) is 6.07 Å². The molecule has 2 rings (SSSR count). The van der Waals surface area contributed by atoms with Gasteiger partial charge in [0.05, 0.1) is 12.3 Å². The molecular weight excluding hydrogens is 274 g/mol. The Morgan fingerprint density at radius 2 is 2.30 bits per heavy atom. The van der Waals surface area contributed by atoms with E-state index < -0.39 is 5.97 Å². The monoisotopic (exact) mass is 293 g/mol. The van der Waals surface area contributed by atoms with Crippen molar-refractivity contribution >= 4 is 28.0 Å². The van der Waals surface area contributed by atoms with Crippen molar-refractivity contribution in [3.8, 4) is 6.07 Å². The van der Waals surface area contributed by atoms with E-state index in [4.69, 9.17) is 10.5 Å². The highest BCUT2D eigenvalue weighted by atomic mass is 32.1. The number of nitrogen functional groups attached to an aromatic ring is 1. The third-order valence-electron chi connectivity index (χ3n) is 3.60. The molecule has 20 heavy (non-hydrogen) atoms. The molecule has 0 bridgehead atoms. The van der Waals surface area contributed by atoms with Crippen molar-refractivity contribution in [2.45, 2.75) is 26.2 Å². The number of thiophene rings is 1. The second kappa shape index (κ2) is 6.14. The average Bonchev–Trinajstić information content (AvgIpc) is 2.71. The Bertz CT molecular complexity index is 543. The molecule has 0 aliphatic heterocycles. The average molecular weight is 293 g/mol. The molecule has 0 atom stereocenters. The zero-order chi connectivity index (χ0) is 14.7. The van der Waals surface area contributed by atoms with Gasteiger partial charge in [-0.05, 0) is 25.7 Å². The summed E-state index contributed by atoms with van der Waals surface area (Å²) in [5.41, 5.74) is 6.55. The molecule has 0 amide bonds. The Morgan fingerprint density at radius 3 is 2.80 bits per heavy atom. The number of nitrogens with two attached hydrogens (primary N) is 1. The van der Waals surface area contributed by atoms with Gasteiger partial charge in [-0.2, -0.15) is 5.26 Å². The minimum Gasteiger partial charge on any atom is -0.462 e. The topological polar surface area (TPSA) is 79.3 Å². The predicted molar refractivity (Wildman–Crippen MR) is 80.0 cm³/mol. The van der Waals surface area contributed by atoms with Crippen LogP contribution in [0.2, 0.25) is 0 Å².